The van der Waals surface area contributed by atoms with Gasteiger partial charge in [0.25, 0.3) is 5.91 Å². The molecule has 1 fully saturated rings. The summed E-state index contributed by atoms with van der Waals surface area (Å²) >= 11 is 0. The molecule has 2 aliphatic heterocycles. The number of nitrogens with zero attached hydrogens (tertiary/aromatic N) is 3. The number of hydrazone groups is 1. The van der Waals surface area contributed by atoms with Gasteiger partial charge in [-0.2, -0.15) is 31.4 Å². The highest BCUT2D eigenvalue weighted by Gasteiger charge is 2.54. The first-order chi connectivity index (χ1) is 21.7. The van der Waals surface area contributed by atoms with E-state index in [0.29, 0.717) is 17.8 Å². The Morgan fingerprint density at radius 2 is 1.62 bits per heavy atom. The first kappa shape index (κ1) is 35.0. The summed E-state index contributed by atoms with van der Waals surface area (Å²) in [5.74, 6) is -3.21. The fourth-order valence-electron chi connectivity index (χ4n) is 5.46. The molecule has 4 amide bonds. The average Bonchev–Trinajstić information content (AvgIpc) is 3.21. The smallest absolute Gasteiger partial charge is 0.416 e. The third kappa shape index (κ3) is 7.77. The second kappa shape index (κ2) is 12.8. The molecule has 0 radical (unpaired) electrons. The molecule has 4 rings (SSSR count). The molecule has 2 atom stereocenters. The Morgan fingerprint density at radius 3 is 2.17 bits per heavy atom. The number of benzene rings is 2. The second-order valence-electron chi connectivity index (χ2n) is 11.8. The van der Waals surface area contributed by atoms with Gasteiger partial charge in [0.1, 0.15) is 29.4 Å². The minimum Gasteiger partial charge on any atom is -0.491 e. The van der Waals surface area contributed by atoms with Gasteiger partial charge >= 0.3 is 18.4 Å². The van der Waals surface area contributed by atoms with Crippen LogP contribution < -0.4 is 15.4 Å². The lowest BCUT2D eigenvalue weighted by atomic mass is 9.73. The Morgan fingerprint density at radius 1 is 1.02 bits per heavy atom. The Hall–Kier alpha value is -4.83. The Bertz CT molecular complexity index is 1550. The van der Waals surface area contributed by atoms with Crippen molar-refractivity contribution < 1.29 is 55.4 Å². The van der Waals surface area contributed by atoms with Gasteiger partial charge in [-0.1, -0.05) is 30.3 Å². The van der Waals surface area contributed by atoms with Gasteiger partial charge < -0.3 is 25.4 Å². The highest BCUT2D eigenvalue weighted by Crippen LogP contribution is 2.40. The Balaban J connectivity index is 1.67. The lowest BCUT2D eigenvalue weighted by Gasteiger charge is -2.40. The van der Waals surface area contributed by atoms with Crippen LogP contribution in [0.25, 0.3) is 0 Å². The van der Waals surface area contributed by atoms with Gasteiger partial charge in [-0.15, -0.1) is 0 Å². The maximum atomic E-state index is 14.0. The van der Waals surface area contributed by atoms with Crippen molar-refractivity contribution in [2.75, 3.05) is 26.7 Å². The number of amides is 4. The maximum absolute atomic E-state index is 14.0. The molecule has 0 aromatic heterocycles. The summed E-state index contributed by atoms with van der Waals surface area (Å²) in [6, 6.07) is 7.71. The number of hydrogen-bond acceptors (Lipinski definition) is 6. The maximum Gasteiger partial charge on any atom is 0.416 e. The number of carbonyl (C=O) groups excluding carboxylic acids is 3. The Labute approximate surface area is 264 Å². The predicted molar refractivity (Wildman–Crippen MR) is 153 cm³/mol. The lowest BCUT2D eigenvalue weighted by molar-refractivity contribution is -0.144. The molecule has 0 saturated carbocycles. The molecule has 254 valence electrons. The zero-order valence-electron chi connectivity index (χ0n) is 25.3. The van der Waals surface area contributed by atoms with Gasteiger partial charge in [0.2, 0.25) is 11.8 Å². The number of alkyl halides is 6. The average molecular weight is 672 g/mol. The summed E-state index contributed by atoms with van der Waals surface area (Å²) in [5, 5.41) is 18.9. The van der Waals surface area contributed by atoms with Crippen LogP contribution in [-0.2, 0) is 33.2 Å². The van der Waals surface area contributed by atoms with Crippen LogP contribution in [0.15, 0.2) is 53.6 Å². The van der Waals surface area contributed by atoms with Crippen molar-refractivity contribution in [3.05, 3.63) is 65.2 Å². The molecule has 2 aliphatic rings. The van der Waals surface area contributed by atoms with Crippen molar-refractivity contribution in [2.45, 2.75) is 50.6 Å². The first-order valence-electron chi connectivity index (χ1n) is 14.2. The third-order valence-corrected chi connectivity index (χ3v) is 7.83. The summed E-state index contributed by atoms with van der Waals surface area (Å²) in [7, 11) is 1.46. The standard InChI is InChI=1S/C30H31F6N5O6/c1-27(2,38-26(45)46)24(43)37-21(15-47-20-12-18(29(31,32)33)11-19(13-20)30(34,35)36)23(42)41-10-9-22-28(16-41,25(44)40(3)39-22)14-17-7-5-4-6-8-17/h4-8,11-13,21,38H,9-10,14-16H2,1-3H3,(H,37,43)(H,45,46). The number of likely N-dealkylation sites (tertiary alicyclic amines) is 1. The molecular formula is C30H31F6N5O6. The van der Waals surface area contributed by atoms with Crippen molar-refractivity contribution in [1.82, 2.24) is 20.5 Å². The van der Waals surface area contributed by atoms with E-state index < -0.39 is 76.6 Å². The number of fused-ring (bicyclic) bond motifs is 1. The number of ether oxygens (including phenoxy) is 1. The largest absolute Gasteiger partial charge is 0.491 e. The first-order valence-corrected chi connectivity index (χ1v) is 14.2. The van der Waals surface area contributed by atoms with Crippen LogP contribution in [0, 0.1) is 5.41 Å². The van der Waals surface area contributed by atoms with Gasteiger partial charge in [-0.05, 0) is 44.0 Å². The molecule has 2 aromatic carbocycles. The lowest BCUT2D eigenvalue weighted by Crippen LogP contribution is -2.63. The van der Waals surface area contributed by atoms with E-state index in [0.717, 1.165) is 5.56 Å². The Kier molecular flexibility index (Phi) is 9.51. The van der Waals surface area contributed by atoms with Crippen LogP contribution in [0.1, 0.15) is 37.0 Å². The summed E-state index contributed by atoms with van der Waals surface area (Å²) in [6.07, 6.45) is -11.6. The van der Waals surface area contributed by atoms with E-state index in [1.165, 1.54) is 30.8 Å². The fourth-order valence-corrected chi connectivity index (χ4v) is 5.46. The van der Waals surface area contributed by atoms with Crippen molar-refractivity contribution >= 4 is 29.5 Å². The van der Waals surface area contributed by atoms with Crippen LogP contribution in [0.2, 0.25) is 0 Å². The van der Waals surface area contributed by atoms with E-state index in [1.54, 1.807) is 30.3 Å². The number of hydrogen-bond donors (Lipinski definition) is 3. The molecule has 0 spiro atoms. The monoisotopic (exact) mass is 671 g/mol. The molecule has 1 saturated heterocycles. The molecule has 2 aromatic rings. The molecule has 3 N–H and O–H groups in total. The topological polar surface area (TPSA) is 141 Å². The van der Waals surface area contributed by atoms with Gasteiger partial charge in [0.15, 0.2) is 0 Å². The minimum absolute atomic E-state index is 0.000244. The van der Waals surface area contributed by atoms with E-state index in [-0.39, 0.29) is 32.0 Å². The molecular weight excluding hydrogens is 640 g/mol. The normalized spacial score (nSPS) is 19.1. The quantitative estimate of drug-likeness (QED) is 0.346. The SMILES string of the molecule is CN1N=C2CCN(C(=O)C(COc3cc(C(F)(F)F)cc(C(F)(F)F)c3)NC(=O)C(C)(C)NC(=O)O)CC2(Cc2ccccc2)C1=O. The van der Waals surface area contributed by atoms with E-state index in [9.17, 15) is 45.5 Å². The number of carbonyl (C=O) groups is 4. The summed E-state index contributed by atoms with van der Waals surface area (Å²) < 4.78 is 85.9. The highest BCUT2D eigenvalue weighted by atomic mass is 19.4. The summed E-state index contributed by atoms with van der Waals surface area (Å²) in [5.41, 5.74) is -5.15. The van der Waals surface area contributed by atoms with E-state index in [1.807, 2.05) is 5.32 Å². The van der Waals surface area contributed by atoms with Gasteiger partial charge in [0.05, 0.1) is 16.8 Å². The molecule has 2 unspecified atom stereocenters. The van der Waals surface area contributed by atoms with Gasteiger partial charge in [-0.3, -0.25) is 14.4 Å². The molecule has 2 heterocycles. The van der Waals surface area contributed by atoms with Crippen LogP contribution in [0.5, 0.6) is 5.75 Å². The van der Waals surface area contributed by atoms with Crippen LogP contribution in [-0.4, -0.2) is 82.9 Å². The summed E-state index contributed by atoms with van der Waals surface area (Å²) in [6.45, 7) is 1.19. The molecule has 47 heavy (non-hydrogen) atoms. The van der Waals surface area contributed by atoms with Crippen LogP contribution >= 0.6 is 0 Å². The van der Waals surface area contributed by atoms with E-state index >= 15 is 0 Å². The van der Waals surface area contributed by atoms with Gasteiger partial charge in [-0.25, -0.2) is 9.80 Å². The van der Waals surface area contributed by atoms with Crippen LogP contribution in [0.4, 0.5) is 31.1 Å². The van der Waals surface area contributed by atoms with E-state index in [4.69, 9.17) is 9.84 Å². The predicted octanol–water partition coefficient (Wildman–Crippen LogP) is 3.92. The number of piperidine rings is 1. The molecule has 11 nitrogen and oxygen atoms in total. The highest BCUT2D eigenvalue weighted by molar-refractivity contribution is 6.13. The zero-order valence-corrected chi connectivity index (χ0v) is 25.3. The van der Waals surface area contributed by atoms with Gasteiger partial charge in [0, 0.05) is 26.6 Å². The minimum atomic E-state index is -5.17. The number of halogens is 6. The number of carboxylic acid groups (broad SMARTS) is 1. The molecule has 0 bridgehead atoms. The molecule has 17 heteroatoms. The fraction of sp³-hybridized carbons (Fsp3) is 0.433. The molecule has 0 aliphatic carbocycles. The van der Waals surface area contributed by atoms with Crippen molar-refractivity contribution in [3.63, 3.8) is 0 Å². The third-order valence-electron chi connectivity index (χ3n) is 7.83. The second-order valence-corrected chi connectivity index (χ2v) is 11.8. The number of nitrogens with one attached hydrogen (secondary N) is 2. The van der Waals surface area contributed by atoms with Crippen molar-refractivity contribution in [3.8, 4) is 5.75 Å². The van der Waals surface area contributed by atoms with Crippen molar-refractivity contribution in [2.24, 2.45) is 10.5 Å². The van der Waals surface area contributed by atoms with Crippen LogP contribution in [0.3, 0.4) is 0 Å². The number of rotatable bonds is 9. The van der Waals surface area contributed by atoms with E-state index in [2.05, 4.69) is 10.4 Å². The summed E-state index contributed by atoms with van der Waals surface area (Å²) in [4.78, 5) is 53.1. The zero-order chi connectivity index (χ0) is 34.9. The van der Waals surface area contributed by atoms with Crippen molar-refractivity contribution in [1.29, 1.82) is 0 Å².